The Labute approximate surface area is 165 Å². The number of ether oxygens (including phenoxy) is 1. The van der Waals surface area contributed by atoms with Gasteiger partial charge in [0.15, 0.2) is 0 Å². The van der Waals surface area contributed by atoms with Crippen LogP contribution < -0.4 is 4.74 Å². The van der Waals surface area contributed by atoms with Crippen LogP contribution in [0.5, 0.6) is 5.75 Å². The Bertz CT molecular complexity index is 1000. The molecular formula is C23H27N2O3+. The lowest BCUT2D eigenvalue weighted by Crippen LogP contribution is -2.40. The van der Waals surface area contributed by atoms with Crippen molar-refractivity contribution in [2.24, 2.45) is 0 Å². The van der Waals surface area contributed by atoms with Crippen molar-refractivity contribution in [2.75, 3.05) is 20.6 Å². The van der Waals surface area contributed by atoms with Crippen LogP contribution in [0.3, 0.4) is 0 Å². The second-order valence-corrected chi connectivity index (χ2v) is 7.84. The van der Waals surface area contributed by atoms with Gasteiger partial charge in [-0.25, -0.2) is 0 Å². The maximum atomic E-state index is 12.1. The third-order valence-electron chi connectivity index (χ3n) is 4.90. The summed E-state index contributed by atoms with van der Waals surface area (Å²) in [6, 6.07) is 15.9. The molecule has 5 heteroatoms. The predicted octanol–water partition coefficient (Wildman–Crippen LogP) is 4.05. The molecule has 0 radical (unpaired) electrons. The summed E-state index contributed by atoms with van der Waals surface area (Å²) in [5.41, 5.74) is 3.08. The Morgan fingerprint density at radius 1 is 1.00 bits per heavy atom. The molecule has 3 rings (SSSR count). The van der Waals surface area contributed by atoms with E-state index in [1.807, 2.05) is 18.3 Å². The summed E-state index contributed by atoms with van der Waals surface area (Å²) in [5.74, 6) is 0.0804. The van der Waals surface area contributed by atoms with Gasteiger partial charge in [0.1, 0.15) is 12.3 Å². The Balaban J connectivity index is 1.91. The zero-order chi connectivity index (χ0) is 20.3. The van der Waals surface area contributed by atoms with E-state index < -0.39 is 0 Å². The van der Waals surface area contributed by atoms with Crippen molar-refractivity contribution in [1.82, 2.24) is 4.57 Å². The molecule has 0 N–H and O–H groups in total. The van der Waals surface area contributed by atoms with Gasteiger partial charge < -0.3 is 9.22 Å². The normalized spacial score (nSPS) is 11.6. The van der Waals surface area contributed by atoms with Crippen LogP contribution in [-0.2, 0) is 17.8 Å². The number of aromatic nitrogens is 1. The zero-order valence-electron chi connectivity index (χ0n) is 16.9. The van der Waals surface area contributed by atoms with E-state index in [4.69, 9.17) is 4.74 Å². The van der Waals surface area contributed by atoms with E-state index in [1.54, 1.807) is 16.7 Å². The Hall–Kier alpha value is -2.92. The number of fused-ring (bicyclic) bond motifs is 1. The monoisotopic (exact) mass is 379 g/mol. The van der Waals surface area contributed by atoms with E-state index in [0.717, 1.165) is 40.5 Å². The van der Waals surface area contributed by atoms with Gasteiger partial charge in [0, 0.05) is 37.4 Å². The fourth-order valence-electron chi connectivity index (χ4n) is 3.60. The first-order valence-electron chi connectivity index (χ1n) is 9.45. The number of benzene rings is 2. The maximum absolute atomic E-state index is 12.1. The van der Waals surface area contributed by atoms with Crippen LogP contribution in [0.25, 0.3) is 10.9 Å². The van der Waals surface area contributed by atoms with Gasteiger partial charge in [-0.15, -0.1) is 0 Å². The number of esters is 1. The summed E-state index contributed by atoms with van der Waals surface area (Å²) in [5, 5.41) is 0.840. The van der Waals surface area contributed by atoms with Gasteiger partial charge in [0.2, 0.25) is 5.91 Å². The number of rotatable bonds is 6. The van der Waals surface area contributed by atoms with Crippen LogP contribution in [0, 0.1) is 0 Å². The van der Waals surface area contributed by atoms with Crippen molar-refractivity contribution in [3.05, 3.63) is 65.9 Å². The standard InChI is InChI=1S/C23H27N2O3/c1-17(26)24-15-20(23-21(24)11-8-12-22(23)28-18(2)27)13-14-25(3,4)16-19-9-6-5-7-10-19/h5-12,15H,13-14,16H2,1-4H3/q+1. The molecule has 3 aromatic rings. The lowest BCUT2D eigenvalue weighted by Gasteiger charge is -2.30. The van der Waals surface area contributed by atoms with Gasteiger partial charge in [0.05, 0.1) is 26.2 Å². The van der Waals surface area contributed by atoms with Crippen LogP contribution in [0.4, 0.5) is 0 Å². The molecule has 5 nitrogen and oxygen atoms in total. The molecule has 0 aliphatic rings. The second kappa shape index (κ2) is 7.98. The number of carbonyl (C=O) groups excluding carboxylic acids is 2. The minimum absolute atomic E-state index is 0.0609. The largest absolute Gasteiger partial charge is 0.426 e. The van der Waals surface area contributed by atoms with Gasteiger partial charge in [-0.3, -0.25) is 14.2 Å². The number of hydrogen-bond donors (Lipinski definition) is 0. The van der Waals surface area contributed by atoms with Crippen LogP contribution in [-0.4, -0.2) is 41.6 Å². The molecule has 0 fully saturated rings. The highest BCUT2D eigenvalue weighted by atomic mass is 16.5. The lowest BCUT2D eigenvalue weighted by atomic mass is 10.1. The minimum Gasteiger partial charge on any atom is -0.426 e. The highest BCUT2D eigenvalue weighted by Crippen LogP contribution is 2.32. The van der Waals surface area contributed by atoms with E-state index in [2.05, 4.69) is 38.4 Å². The Kier molecular flexibility index (Phi) is 5.66. The predicted molar refractivity (Wildman–Crippen MR) is 110 cm³/mol. The summed E-state index contributed by atoms with van der Waals surface area (Å²) in [6.07, 6.45) is 2.65. The van der Waals surface area contributed by atoms with Gasteiger partial charge in [-0.2, -0.15) is 0 Å². The average molecular weight is 379 g/mol. The van der Waals surface area contributed by atoms with Crippen molar-refractivity contribution < 1.29 is 18.8 Å². The molecule has 0 bridgehead atoms. The molecule has 2 aromatic carbocycles. The quantitative estimate of drug-likeness (QED) is 0.369. The molecule has 0 saturated carbocycles. The number of nitrogens with zero attached hydrogens (tertiary/aromatic N) is 2. The molecule has 0 aliphatic carbocycles. The first-order valence-corrected chi connectivity index (χ1v) is 9.45. The molecule has 0 aliphatic heterocycles. The number of hydrogen-bond acceptors (Lipinski definition) is 3. The van der Waals surface area contributed by atoms with Crippen molar-refractivity contribution in [1.29, 1.82) is 0 Å². The van der Waals surface area contributed by atoms with E-state index >= 15 is 0 Å². The molecule has 0 spiro atoms. The van der Waals surface area contributed by atoms with Crippen LogP contribution >= 0.6 is 0 Å². The number of quaternary nitrogens is 1. The van der Waals surface area contributed by atoms with Crippen LogP contribution in [0.1, 0.15) is 29.8 Å². The number of carbonyl (C=O) groups is 2. The first-order chi connectivity index (χ1) is 13.3. The van der Waals surface area contributed by atoms with Gasteiger partial charge in [-0.1, -0.05) is 36.4 Å². The summed E-state index contributed by atoms with van der Waals surface area (Å²) >= 11 is 0. The summed E-state index contributed by atoms with van der Waals surface area (Å²) in [4.78, 5) is 23.6. The van der Waals surface area contributed by atoms with Crippen LogP contribution in [0.15, 0.2) is 54.7 Å². The topological polar surface area (TPSA) is 48.3 Å². The zero-order valence-corrected chi connectivity index (χ0v) is 16.9. The van der Waals surface area contributed by atoms with Gasteiger partial charge in [0.25, 0.3) is 0 Å². The molecule has 0 saturated heterocycles. The molecule has 0 amide bonds. The third kappa shape index (κ3) is 4.49. The summed E-state index contributed by atoms with van der Waals surface area (Å²) in [6.45, 7) is 4.74. The lowest BCUT2D eigenvalue weighted by molar-refractivity contribution is -0.903. The average Bonchev–Trinajstić information content (AvgIpc) is 3.00. The second-order valence-electron chi connectivity index (χ2n) is 7.84. The first kappa shape index (κ1) is 19.8. The van der Waals surface area contributed by atoms with Crippen molar-refractivity contribution in [2.45, 2.75) is 26.8 Å². The van der Waals surface area contributed by atoms with E-state index in [-0.39, 0.29) is 11.9 Å². The fourth-order valence-corrected chi connectivity index (χ4v) is 3.60. The fraction of sp³-hybridized carbons (Fsp3) is 0.304. The molecule has 146 valence electrons. The maximum Gasteiger partial charge on any atom is 0.308 e. The molecule has 28 heavy (non-hydrogen) atoms. The molecule has 0 atom stereocenters. The summed E-state index contributed by atoms with van der Waals surface area (Å²) in [7, 11) is 4.40. The summed E-state index contributed by atoms with van der Waals surface area (Å²) < 4.78 is 7.87. The third-order valence-corrected chi connectivity index (χ3v) is 4.90. The van der Waals surface area contributed by atoms with Crippen molar-refractivity contribution >= 4 is 22.8 Å². The Morgan fingerprint density at radius 2 is 1.71 bits per heavy atom. The van der Waals surface area contributed by atoms with E-state index in [1.165, 1.54) is 19.4 Å². The molecule has 1 heterocycles. The van der Waals surface area contributed by atoms with Crippen molar-refractivity contribution in [3.8, 4) is 5.75 Å². The SMILES string of the molecule is CC(=O)Oc1cccc2c1c(CC[N+](C)(C)Cc1ccccc1)cn2C(C)=O. The highest BCUT2D eigenvalue weighted by Gasteiger charge is 2.21. The molecule has 1 aromatic heterocycles. The minimum atomic E-state index is -0.366. The molecular weight excluding hydrogens is 352 g/mol. The number of likely N-dealkylation sites (N-methyl/N-ethyl adjacent to an activating group) is 1. The van der Waals surface area contributed by atoms with Crippen LogP contribution in [0.2, 0.25) is 0 Å². The highest BCUT2D eigenvalue weighted by molar-refractivity contribution is 5.98. The van der Waals surface area contributed by atoms with Crippen molar-refractivity contribution in [3.63, 3.8) is 0 Å². The Morgan fingerprint density at radius 3 is 2.36 bits per heavy atom. The van der Waals surface area contributed by atoms with Gasteiger partial charge >= 0.3 is 5.97 Å². The van der Waals surface area contributed by atoms with Gasteiger partial charge in [-0.05, 0) is 17.7 Å². The van der Waals surface area contributed by atoms with E-state index in [9.17, 15) is 9.59 Å². The molecule has 0 unspecified atom stereocenters. The van der Waals surface area contributed by atoms with E-state index in [0.29, 0.717) is 5.75 Å². The smallest absolute Gasteiger partial charge is 0.308 e.